The van der Waals surface area contributed by atoms with Crippen LogP contribution in [0.4, 0.5) is 5.82 Å². The molecular formula is C20H21N3O5. The fraction of sp³-hybridized carbons (Fsp3) is 0.450. The van der Waals surface area contributed by atoms with E-state index in [-0.39, 0.29) is 30.1 Å². The molecule has 3 aliphatic carbocycles. The predicted octanol–water partition coefficient (Wildman–Crippen LogP) is 1.23. The maximum Gasteiger partial charge on any atom is 0.323 e. The van der Waals surface area contributed by atoms with Gasteiger partial charge < -0.3 is 10.4 Å². The number of likely N-dealkylation sites (tertiary alicyclic amines) is 1. The zero-order valence-corrected chi connectivity index (χ0v) is 15.4. The molecule has 2 bridgehead atoms. The van der Waals surface area contributed by atoms with Gasteiger partial charge in [-0.25, -0.2) is 4.98 Å². The van der Waals surface area contributed by atoms with Gasteiger partial charge >= 0.3 is 5.97 Å². The Hall–Kier alpha value is -3.03. The Bertz CT molecular complexity index is 896. The summed E-state index contributed by atoms with van der Waals surface area (Å²) in [5.41, 5.74) is 0.800. The number of amides is 3. The molecule has 28 heavy (non-hydrogen) atoms. The molecule has 2 fully saturated rings. The Morgan fingerprint density at radius 3 is 2.68 bits per heavy atom. The van der Waals surface area contributed by atoms with E-state index in [1.165, 1.54) is 0 Å². The number of nitrogens with one attached hydrogen (secondary N) is 1. The first-order chi connectivity index (χ1) is 13.3. The second kappa shape index (κ2) is 6.85. The molecule has 1 aromatic rings. The predicted molar refractivity (Wildman–Crippen MR) is 97.8 cm³/mol. The molecule has 5 atom stereocenters. The van der Waals surface area contributed by atoms with E-state index in [0.717, 1.165) is 10.6 Å². The minimum atomic E-state index is -1.21. The quantitative estimate of drug-likeness (QED) is 0.583. The van der Waals surface area contributed by atoms with Crippen LogP contribution in [0, 0.1) is 36.5 Å². The van der Waals surface area contributed by atoms with E-state index in [1.807, 2.05) is 31.2 Å². The highest BCUT2D eigenvalue weighted by Gasteiger charge is 2.59. The molecule has 2 heterocycles. The monoisotopic (exact) mass is 383 g/mol. The van der Waals surface area contributed by atoms with Crippen molar-refractivity contribution in [2.45, 2.75) is 19.8 Å². The lowest BCUT2D eigenvalue weighted by Crippen LogP contribution is -2.44. The van der Waals surface area contributed by atoms with Crippen molar-refractivity contribution in [1.82, 2.24) is 9.88 Å². The van der Waals surface area contributed by atoms with E-state index in [9.17, 15) is 19.2 Å². The number of rotatable bonds is 5. The van der Waals surface area contributed by atoms with Gasteiger partial charge in [0.2, 0.25) is 17.7 Å². The van der Waals surface area contributed by atoms with Crippen molar-refractivity contribution in [1.29, 1.82) is 0 Å². The molecule has 1 aromatic heterocycles. The first-order valence-electron chi connectivity index (χ1n) is 9.34. The van der Waals surface area contributed by atoms with Gasteiger partial charge in [-0.1, -0.05) is 18.2 Å². The highest BCUT2D eigenvalue weighted by Crippen LogP contribution is 2.53. The van der Waals surface area contributed by atoms with Crippen LogP contribution in [0.5, 0.6) is 0 Å². The lowest BCUT2D eigenvalue weighted by molar-refractivity contribution is -0.149. The van der Waals surface area contributed by atoms with E-state index >= 15 is 0 Å². The number of hydrogen-bond donors (Lipinski definition) is 2. The number of allylic oxidation sites excluding steroid dienone is 2. The maximum atomic E-state index is 12.7. The number of carbonyl (C=O) groups excluding carboxylic acids is 3. The van der Waals surface area contributed by atoms with Gasteiger partial charge in [0.05, 0.1) is 11.8 Å². The van der Waals surface area contributed by atoms with Crippen LogP contribution in [0.3, 0.4) is 0 Å². The molecule has 0 spiro atoms. The highest BCUT2D eigenvalue weighted by atomic mass is 16.4. The van der Waals surface area contributed by atoms with E-state index < -0.39 is 36.2 Å². The molecule has 3 amide bonds. The molecule has 1 saturated heterocycles. The van der Waals surface area contributed by atoms with Crippen molar-refractivity contribution in [3.63, 3.8) is 0 Å². The van der Waals surface area contributed by atoms with Crippen LogP contribution in [0.1, 0.15) is 18.5 Å². The van der Waals surface area contributed by atoms with Crippen molar-refractivity contribution in [2.75, 3.05) is 11.9 Å². The highest BCUT2D eigenvalue weighted by molar-refractivity contribution is 6.07. The van der Waals surface area contributed by atoms with Gasteiger partial charge in [0.25, 0.3) is 0 Å². The van der Waals surface area contributed by atoms with Crippen LogP contribution in [0.25, 0.3) is 0 Å². The summed E-state index contributed by atoms with van der Waals surface area (Å²) in [7, 11) is 0. The van der Waals surface area contributed by atoms with Crippen molar-refractivity contribution < 1.29 is 24.3 Å². The molecule has 0 aromatic carbocycles. The van der Waals surface area contributed by atoms with Gasteiger partial charge in [-0.05, 0) is 43.2 Å². The Balaban J connectivity index is 1.48. The van der Waals surface area contributed by atoms with E-state index in [0.29, 0.717) is 12.2 Å². The normalized spacial score (nSPS) is 30.5. The molecule has 146 valence electrons. The number of pyridine rings is 1. The minimum absolute atomic E-state index is 0.0670. The van der Waals surface area contributed by atoms with Crippen molar-refractivity contribution in [3.8, 4) is 0 Å². The van der Waals surface area contributed by atoms with E-state index in [2.05, 4.69) is 10.3 Å². The maximum absolute atomic E-state index is 12.7. The Morgan fingerprint density at radius 2 is 1.96 bits per heavy atom. The smallest absolute Gasteiger partial charge is 0.323 e. The number of fused-ring (bicyclic) bond motifs is 1. The summed E-state index contributed by atoms with van der Waals surface area (Å²) in [6.07, 6.45) is 4.73. The molecule has 2 N–H and O–H groups in total. The number of carboxylic acid groups (broad SMARTS) is 1. The van der Waals surface area contributed by atoms with Gasteiger partial charge in [-0.15, -0.1) is 0 Å². The number of aryl methyl sites for hydroxylation is 1. The second-order valence-electron chi connectivity index (χ2n) is 7.75. The Kier molecular flexibility index (Phi) is 4.49. The summed E-state index contributed by atoms with van der Waals surface area (Å²) in [6, 6.07) is 5.37. The van der Waals surface area contributed by atoms with Crippen LogP contribution >= 0.6 is 0 Å². The van der Waals surface area contributed by atoms with Crippen LogP contribution in [0.2, 0.25) is 0 Å². The molecule has 1 aliphatic heterocycles. The molecule has 8 nitrogen and oxygen atoms in total. The van der Waals surface area contributed by atoms with Gasteiger partial charge in [0.15, 0.2) is 0 Å². The lowest BCUT2D eigenvalue weighted by Gasteiger charge is -2.43. The van der Waals surface area contributed by atoms with Crippen molar-refractivity contribution in [3.05, 3.63) is 36.0 Å². The number of imide groups is 1. The average Bonchev–Trinajstić information content (AvgIpc) is 2.88. The summed E-state index contributed by atoms with van der Waals surface area (Å²) in [5, 5.41) is 11.8. The number of hydrogen-bond acceptors (Lipinski definition) is 5. The van der Waals surface area contributed by atoms with Crippen LogP contribution in [-0.2, 0) is 19.2 Å². The minimum Gasteiger partial charge on any atom is -0.480 e. The third-order valence-electron chi connectivity index (χ3n) is 5.96. The summed E-state index contributed by atoms with van der Waals surface area (Å²) < 4.78 is 0. The standard InChI is InChI=1S/C20H21N3O5/c1-10-3-2-4-14(21-10)22-15(24)8-12-7-11-5-6-13(12)18-17(11)19(27)23(20(18)28)9-16(25)26/h2-6,11-13,17-18H,7-9H2,1H3,(H,25,26)(H,21,22,24)/t11-,12-,13+,17-,18+/m1/s1. The van der Waals surface area contributed by atoms with Gasteiger partial charge in [-0.2, -0.15) is 0 Å². The summed E-state index contributed by atoms with van der Waals surface area (Å²) in [4.78, 5) is 54.0. The topological polar surface area (TPSA) is 117 Å². The van der Waals surface area contributed by atoms with Gasteiger partial charge in [0, 0.05) is 12.1 Å². The van der Waals surface area contributed by atoms with Crippen molar-refractivity contribution in [2.24, 2.45) is 29.6 Å². The number of carboxylic acids is 1. The molecule has 4 aliphatic rings. The first kappa shape index (κ1) is 18.3. The largest absolute Gasteiger partial charge is 0.480 e. The number of anilines is 1. The van der Waals surface area contributed by atoms with Crippen LogP contribution < -0.4 is 5.32 Å². The summed E-state index contributed by atoms with van der Waals surface area (Å²) in [6.45, 7) is 1.24. The lowest BCUT2D eigenvalue weighted by atomic mass is 9.58. The summed E-state index contributed by atoms with van der Waals surface area (Å²) in [5.74, 6) is -3.23. The number of carbonyl (C=O) groups is 4. The number of aliphatic carboxylic acids is 1. The third kappa shape index (κ3) is 3.08. The number of aromatic nitrogens is 1. The molecule has 8 heteroatoms. The Morgan fingerprint density at radius 1 is 1.21 bits per heavy atom. The van der Waals surface area contributed by atoms with Gasteiger partial charge in [0.1, 0.15) is 12.4 Å². The fourth-order valence-corrected chi connectivity index (χ4v) is 4.88. The zero-order chi connectivity index (χ0) is 20.0. The van der Waals surface area contributed by atoms with Crippen molar-refractivity contribution >= 4 is 29.5 Å². The number of nitrogens with zero attached hydrogens (tertiary/aromatic N) is 2. The van der Waals surface area contributed by atoms with E-state index in [1.54, 1.807) is 6.07 Å². The van der Waals surface area contributed by atoms with Gasteiger partial charge in [-0.3, -0.25) is 24.1 Å². The van der Waals surface area contributed by atoms with Crippen LogP contribution in [0.15, 0.2) is 30.4 Å². The third-order valence-corrected chi connectivity index (χ3v) is 5.96. The molecule has 0 radical (unpaired) electrons. The second-order valence-corrected chi connectivity index (χ2v) is 7.75. The SMILES string of the molecule is Cc1cccc(NC(=O)C[C@H]2C[C@H]3C=C[C@@H]2[C@@H]2C(=O)N(CC(=O)O)C(=O)[C@@H]23)n1. The fourth-order valence-electron chi connectivity index (χ4n) is 4.88. The first-order valence-corrected chi connectivity index (χ1v) is 9.34. The summed E-state index contributed by atoms with van der Waals surface area (Å²) >= 11 is 0. The van der Waals surface area contributed by atoms with E-state index in [4.69, 9.17) is 5.11 Å². The average molecular weight is 383 g/mol. The molecule has 5 rings (SSSR count). The Labute approximate surface area is 161 Å². The molecule has 0 unspecified atom stereocenters. The zero-order valence-electron chi connectivity index (χ0n) is 15.4. The molecular weight excluding hydrogens is 362 g/mol. The van der Waals surface area contributed by atoms with Crippen LogP contribution in [-0.4, -0.2) is 45.2 Å². The molecule has 1 saturated carbocycles.